The molecule has 1 saturated carbocycles. The fourth-order valence-corrected chi connectivity index (χ4v) is 3.45. The van der Waals surface area contributed by atoms with E-state index in [0.29, 0.717) is 12.6 Å². The zero-order valence-corrected chi connectivity index (χ0v) is 17.2. The Balaban J connectivity index is 1.59. The molecular formula is C21H32N6O. The van der Waals surface area contributed by atoms with Gasteiger partial charge in [-0.15, -0.1) is 10.2 Å². The number of rotatable bonds is 7. The van der Waals surface area contributed by atoms with E-state index in [9.17, 15) is 0 Å². The molecule has 3 rings (SSSR count). The lowest BCUT2D eigenvalue weighted by molar-refractivity contribution is 0.409. The largest absolute Gasteiger partial charge is 0.497 e. The number of nitrogens with zero attached hydrogens (tertiary/aromatic N) is 4. The van der Waals surface area contributed by atoms with Crippen LogP contribution in [0.15, 0.2) is 29.3 Å². The lowest BCUT2D eigenvalue weighted by Crippen LogP contribution is -2.44. The fraction of sp³-hybridized carbons (Fsp3) is 0.571. The summed E-state index contributed by atoms with van der Waals surface area (Å²) in [5.74, 6) is 3.52. The van der Waals surface area contributed by atoms with Gasteiger partial charge in [-0.25, -0.2) is 4.99 Å². The number of hydrogen-bond donors (Lipinski definition) is 2. The number of ether oxygens (including phenoxy) is 1. The SMILES string of the molecule is COc1ccc(CCNC(=NCc2nnc(C)n2C)NC2CCCCC2)cc1. The Kier molecular flexibility index (Phi) is 7.28. The van der Waals surface area contributed by atoms with Gasteiger partial charge in [0.1, 0.15) is 18.1 Å². The highest BCUT2D eigenvalue weighted by Gasteiger charge is 2.15. The summed E-state index contributed by atoms with van der Waals surface area (Å²) in [5, 5.41) is 15.4. The first-order valence-corrected chi connectivity index (χ1v) is 10.2. The van der Waals surface area contributed by atoms with E-state index in [0.717, 1.165) is 36.3 Å². The molecule has 0 saturated heterocycles. The Labute approximate surface area is 167 Å². The Morgan fingerprint density at radius 3 is 2.57 bits per heavy atom. The van der Waals surface area contributed by atoms with E-state index in [4.69, 9.17) is 9.73 Å². The van der Waals surface area contributed by atoms with Crippen LogP contribution in [0.5, 0.6) is 5.75 Å². The van der Waals surface area contributed by atoms with Crippen LogP contribution in [0.25, 0.3) is 0 Å². The van der Waals surface area contributed by atoms with Crippen LogP contribution in [-0.4, -0.2) is 40.4 Å². The third-order valence-corrected chi connectivity index (χ3v) is 5.37. The molecule has 0 radical (unpaired) electrons. The van der Waals surface area contributed by atoms with Crippen molar-refractivity contribution in [1.82, 2.24) is 25.4 Å². The summed E-state index contributed by atoms with van der Waals surface area (Å²) in [6, 6.07) is 8.71. The van der Waals surface area contributed by atoms with E-state index in [1.807, 2.05) is 30.7 Å². The van der Waals surface area contributed by atoms with Crippen LogP contribution in [0.4, 0.5) is 0 Å². The average Bonchev–Trinajstić information content (AvgIpc) is 3.05. The molecule has 1 aliphatic rings. The minimum absolute atomic E-state index is 0.502. The van der Waals surface area contributed by atoms with Gasteiger partial charge in [0.25, 0.3) is 0 Å². The first-order chi connectivity index (χ1) is 13.7. The van der Waals surface area contributed by atoms with Crippen LogP contribution in [0.1, 0.15) is 49.3 Å². The molecule has 1 fully saturated rings. The number of methoxy groups -OCH3 is 1. The van der Waals surface area contributed by atoms with Crippen molar-refractivity contribution in [3.05, 3.63) is 41.5 Å². The maximum atomic E-state index is 5.22. The predicted octanol–water partition coefficient (Wildman–Crippen LogP) is 2.74. The summed E-state index contributed by atoms with van der Waals surface area (Å²) >= 11 is 0. The second kappa shape index (κ2) is 10.1. The van der Waals surface area contributed by atoms with Crippen molar-refractivity contribution in [2.24, 2.45) is 12.0 Å². The van der Waals surface area contributed by atoms with E-state index in [1.165, 1.54) is 37.7 Å². The van der Waals surface area contributed by atoms with Crippen molar-refractivity contribution in [2.75, 3.05) is 13.7 Å². The zero-order chi connectivity index (χ0) is 19.8. The molecule has 2 N–H and O–H groups in total. The van der Waals surface area contributed by atoms with Crippen molar-refractivity contribution in [3.63, 3.8) is 0 Å². The fourth-order valence-electron chi connectivity index (χ4n) is 3.45. The molecular weight excluding hydrogens is 352 g/mol. The Hall–Kier alpha value is -2.57. The van der Waals surface area contributed by atoms with Crippen LogP contribution in [0.3, 0.4) is 0 Å². The highest BCUT2D eigenvalue weighted by molar-refractivity contribution is 5.80. The molecule has 7 heteroatoms. The standard InChI is InChI=1S/C21H32N6O/c1-16-25-26-20(27(16)2)15-23-21(24-18-7-5-4-6-8-18)22-14-13-17-9-11-19(28-3)12-10-17/h9-12,18H,4-8,13-15H2,1-3H3,(H2,22,23,24). The molecule has 28 heavy (non-hydrogen) atoms. The summed E-state index contributed by atoms with van der Waals surface area (Å²) in [6.07, 6.45) is 7.27. The predicted molar refractivity (Wildman–Crippen MR) is 112 cm³/mol. The Bertz CT molecular complexity index is 762. The number of nitrogens with one attached hydrogen (secondary N) is 2. The van der Waals surface area contributed by atoms with Gasteiger partial charge in [0.2, 0.25) is 0 Å². The maximum absolute atomic E-state index is 5.22. The number of guanidine groups is 1. The maximum Gasteiger partial charge on any atom is 0.191 e. The van der Waals surface area contributed by atoms with Crippen LogP contribution in [-0.2, 0) is 20.0 Å². The topological polar surface area (TPSA) is 76.4 Å². The molecule has 1 aromatic heterocycles. The number of benzene rings is 1. The lowest BCUT2D eigenvalue weighted by Gasteiger charge is -2.25. The van der Waals surface area contributed by atoms with Gasteiger partial charge in [-0.1, -0.05) is 31.4 Å². The van der Waals surface area contributed by atoms with Crippen molar-refractivity contribution >= 4 is 5.96 Å². The Morgan fingerprint density at radius 2 is 1.93 bits per heavy atom. The van der Waals surface area contributed by atoms with Crippen LogP contribution in [0, 0.1) is 6.92 Å². The molecule has 0 atom stereocenters. The Morgan fingerprint density at radius 1 is 1.18 bits per heavy atom. The second-order valence-electron chi connectivity index (χ2n) is 7.39. The normalized spacial score (nSPS) is 15.5. The average molecular weight is 385 g/mol. The molecule has 0 amide bonds. The summed E-state index contributed by atoms with van der Waals surface area (Å²) in [5.41, 5.74) is 1.27. The number of aryl methyl sites for hydroxylation is 1. The first kappa shape index (κ1) is 20.2. The summed E-state index contributed by atoms with van der Waals surface area (Å²) < 4.78 is 7.21. The van der Waals surface area contributed by atoms with E-state index in [1.54, 1.807) is 7.11 Å². The van der Waals surface area contributed by atoms with E-state index in [2.05, 4.69) is 33.0 Å². The quantitative estimate of drug-likeness (QED) is 0.567. The molecule has 2 aromatic rings. The molecule has 1 aromatic carbocycles. The van der Waals surface area contributed by atoms with Gasteiger partial charge in [0, 0.05) is 19.6 Å². The van der Waals surface area contributed by atoms with Crippen molar-refractivity contribution < 1.29 is 4.74 Å². The smallest absolute Gasteiger partial charge is 0.191 e. The molecule has 0 spiro atoms. The third kappa shape index (κ3) is 5.71. The van der Waals surface area contributed by atoms with Gasteiger partial charge in [-0.05, 0) is 43.9 Å². The van der Waals surface area contributed by atoms with Crippen LogP contribution in [0.2, 0.25) is 0 Å². The highest BCUT2D eigenvalue weighted by Crippen LogP contribution is 2.17. The van der Waals surface area contributed by atoms with Crippen LogP contribution < -0.4 is 15.4 Å². The van der Waals surface area contributed by atoms with Gasteiger partial charge in [-0.3, -0.25) is 0 Å². The summed E-state index contributed by atoms with van der Waals surface area (Å²) in [6.45, 7) is 3.29. The number of aromatic nitrogens is 3. The van der Waals surface area contributed by atoms with Gasteiger partial charge >= 0.3 is 0 Å². The van der Waals surface area contributed by atoms with Crippen molar-refractivity contribution in [1.29, 1.82) is 0 Å². The number of aliphatic imine (C=N–C) groups is 1. The second-order valence-corrected chi connectivity index (χ2v) is 7.39. The van der Waals surface area contributed by atoms with E-state index < -0.39 is 0 Å². The van der Waals surface area contributed by atoms with Gasteiger partial charge < -0.3 is 19.9 Å². The third-order valence-electron chi connectivity index (χ3n) is 5.37. The minimum atomic E-state index is 0.502. The van der Waals surface area contributed by atoms with E-state index in [-0.39, 0.29) is 0 Å². The van der Waals surface area contributed by atoms with Crippen LogP contribution >= 0.6 is 0 Å². The van der Waals surface area contributed by atoms with Crippen molar-refractivity contribution in [3.8, 4) is 5.75 Å². The molecule has 0 bridgehead atoms. The van der Waals surface area contributed by atoms with Crippen molar-refractivity contribution in [2.45, 2.75) is 58.0 Å². The zero-order valence-electron chi connectivity index (χ0n) is 17.2. The monoisotopic (exact) mass is 384 g/mol. The molecule has 0 unspecified atom stereocenters. The molecule has 1 aliphatic carbocycles. The minimum Gasteiger partial charge on any atom is -0.497 e. The molecule has 0 aliphatic heterocycles. The van der Waals surface area contributed by atoms with Gasteiger partial charge in [-0.2, -0.15) is 0 Å². The first-order valence-electron chi connectivity index (χ1n) is 10.2. The number of hydrogen-bond acceptors (Lipinski definition) is 4. The lowest BCUT2D eigenvalue weighted by atomic mass is 9.96. The summed E-state index contributed by atoms with van der Waals surface area (Å²) in [7, 11) is 3.67. The van der Waals surface area contributed by atoms with E-state index >= 15 is 0 Å². The molecule has 1 heterocycles. The van der Waals surface area contributed by atoms with Gasteiger partial charge in [0.15, 0.2) is 11.8 Å². The summed E-state index contributed by atoms with van der Waals surface area (Å²) in [4.78, 5) is 4.77. The van der Waals surface area contributed by atoms with Gasteiger partial charge in [0.05, 0.1) is 7.11 Å². The molecule has 152 valence electrons. The highest BCUT2D eigenvalue weighted by atomic mass is 16.5. The molecule has 7 nitrogen and oxygen atoms in total.